The maximum absolute atomic E-state index is 5.38. The SMILES string of the molecule is CCc1c(C)nn(CCNC(C)c2ccco2)c1C. The van der Waals surface area contributed by atoms with E-state index >= 15 is 0 Å². The van der Waals surface area contributed by atoms with Gasteiger partial charge in [0.2, 0.25) is 0 Å². The van der Waals surface area contributed by atoms with Gasteiger partial charge in [0.15, 0.2) is 0 Å². The molecule has 0 amide bonds. The molecule has 0 aromatic carbocycles. The molecule has 0 bridgehead atoms. The Kier molecular flexibility index (Phi) is 4.43. The maximum atomic E-state index is 5.38. The Hall–Kier alpha value is -1.55. The van der Waals surface area contributed by atoms with E-state index in [2.05, 4.69) is 42.8 Å². The molecule has 0 aliphatic carbocycles. The van der Waals surface area contributed by atoms with Crippen LogP contribution >= 0.6 is 0 Å². The second kappa shape index (κ2) is 6.06. The summed E-state index contributed by atoms with van der Waals surface area (Å²) in [5, 5.41) is 8.05. The van der Waals surface area contributed by atoms with Gasteiger partial charge in [-0.25, -0.2) is 0 Å². The first-order chi connectivity index (χ1) is 9.13. The molecule has 0 aliphatic heterocycles. The highest BCUT2D eigenvalue weighted by Gasteiger charge is 2.10. The van der Waals surface area contributed by atoms with Gasteiger partial charge in [-0.05, 0) is 44.9 Å². The summed E-state index contributed by atoms with van der Waals surface area (Å²) in [5.74, 6) is 0.975. The summed E-state index contributed by atoms with van der Waals surface area (Å²) in [5.41, 5.74) is 3.81. The van der Waals surface area contributed by atoms with Gasteiger partial charge in [-0.2, -0.15) is 5.10 Å². The molecule has 4 heteroatoms. The average Bonchev–Trinajstić information content (AvgIpc) is 2.99. The molecule has 0 saturated carbocycles. The quantitative estimate of drug-likeness (QED) is 0.869. The summed E-state index contributed by atoms with van der Waals surface area (Å²) in [6, 6.07) is 4.15. The van der Waals surface area contributed by atoms with Crippen LogP contribution in [-0.4, -0.2) is 16.3 Å². The van der Waals surface area contributed by atoms with E-state index < -0.39 is 0 Å². The van der Waals surface area contributed by atoms with Crippen LogP contribution in [0.1, 0.15) is 42.6 Å². The fourth-order valence-electron chi connectivity index (χ4n) is 2.49. The topological polar surface area (TPSA) is 43.0 Å². The van der Waals surface area contributed by atoms with Gasteiger partial charge in [0.05, 0.1) is 24.5 Å². The molecular weight excluding hydrogens is 238 g/mol. The van der Waals surface area contributed by atoms with E-state index in [9.17, 15) is 0 Å². The Morgan fingerprint density at radius 2 is 2.21 bits per heavy atom. The second-order valence-electron chi connectivity index (χ2n) is 4.92. The third kappa shape index (κ3) is 3.07. The third-order valence-corrected chi connectivity index (χ3v) is 3.63. The van der Waals surface area contributed by atoms with Crippen molar-refractivity contribution in [2.24, 2.45) is 0 Å². The number of furan rings is 1. The molecule has 0 radical (unpaired) electrons. The van der Waals surface area contributed by atoms with Crippen LogP contribution in [0.5, 0.6) is 0 Å². The summed E-state index contributed by atoms with van der Waals surface area (Å²) >= 11 is 0. The van der Waals surface area contributed by atoms with Gasteiger partial charge < -0.3 is 9.73 Å². The molecule has 0 saturated heterocycles. The number of nitrogens with zero attached hydrogens (tertiary/aromatic N) is 2. The van der Waals surface area contributed by atoms with Crippen LogP contribution in [0, 0.1) is 13.8 Å². The lowest BCUT2D eigenvalue weighted by Crippen LogP contribution is -2.24. The number of hydrogen-bond donors (Lipinski definition) is 1. The smallest absolute Gasteiger partial charge is 0.120 e. The van der Waals surface area contributed by atoms with Crippen molar-refractivity contribution < 1.29 is 4.42 Å². The summed E-state index contributed by atoms with van der Waals surface area (Å²) in [6.07, 6.45) is 2.76. The van der Waals surface area contributed by atoms with E-state index in [1.54, 1.807) is 6.26 Å². The van der Waals surface area contributed by atoms with Crippen molar-refractivity contribution in [1.82, 2.24) is 15.1 Å². The minimum atomic E-state index is 0.234. The second-order valence-corrected chi connectivity index (χ2v) is 4.92. The summed E-state index contributed by atoms with van der Waals surface area (Å²) in [7, 11) is 0. The number of rotatable bonds is 6. The van der Waals surface area contributed by atoms with Gasteiger partial charge in [0.1, 0.15) is 5.76 Å². The van der Waals surface area contributed by atoms with E-state index in [1.165, 1.54) is 11.3 Å². The molecular formula is C15H23N3O. The van der Waals surface area contributed by atoms with Gasteiger partial charge in [-0.1, -0.05) is 6.92 Å². The molecule has 0 fully saturated rings. The first-order valence-corrected chi connectivity index (χ1v) is 6.93. The average molecular weight is 261 g/mol. The van der Waals surface area contributed by atoms with Crippen molar-refractivity contribution in [3.8, 4) is 0 Å². The molecule has 0 spiro atoms. The van der Waals surface area contributed by atoms with Gasteiger partial charge in [0, 0.05) is 12.2 Å². The maximum Gasteiger partial charge on any atom is 0.120 e. The largest absolute Gasteiger partial charge is 0.468 e. The van der Waals surface area contributed by atoms with Crippen molar-refractivity contribution in [1.29, 1.82) is 0 Å². The van der Waals surface area contributed by atoms with E-state index in [0.29, 0.717) is 0 Å². The van der Waals surface area contributed by atoms with Crippen LogP contribution in [0.2, 0.25) is 0 Å². The van der Waals surface area contributed by atoms with Crippen molar-refractivity contribution in [2.45, 2.75) is 46.7 Å². The summed E-state index contributed by atoms with van der Waals surface area (Å²) in [4.78, 5) is 0. The zero-order chi connectivity index (χ0) is 13.8. The van der Waals surface area contributed by atoms with Crippen molar-refractivity contribution in [3.05, 3.63) is 41.1 Å². The number of nitrogens with one attached hydrogen (secondary N) is 1. The Morgan fingerprint density at radius 1 is 1.42 bits per heavy atom. The molecule has 19 heavy (non-hydrogen) atoms. The lowest BCUT2D eigenvalue weighted by atomic mass is 10.1. The van der Waals surface area contributed by atoms with Crippen LogP contribution in [0.4, 0.5) is 0 Å². The molecule has 2 rings (SSSR count). The predicted octanol–water partition coefficient (Wildman–Crippen LogP) is 3.01. The highest BCUT2D eigenvalue weighted by molar-refractivity contribution is 5.24. The molecule has 2 aromatic rings. The predicted molar refractivity (Wildman–Crippen MR) is 76.2 cm³/mol. The van der Waals surface area contributed by atoms with E-state index in [4.69, 9.17) is 4.42 Å². The van der Waals surface area contributed by atoms with Gasteiger partial charge in [-0.3, -0.25) is 4.68 Å². The molecule has 1 unspecified atom stereocenters. The molecule has 0 aliphatic rings. The first-order valence-electron chi connectivity index (χ1n) is 6.93. The Balaban J connectivity index is 1.89. The monoisotopic (exact) mass is 261 g/mol. The molecule has 4 nitrogen and oxygen atoms in total. The lowest BCUT2D eigenvalue weighted by Gasteiger charge is -2.12. The minimum absolute atomic E-state index is 0.234. The number of aryl methyl sites for hydroxylation is 1. The first kappa shape index (κ1) is 13.9. The van der Waals surface area contributed by atoms with Crippen LogP contribution < -0.4 is 5.32 Å². The third-order valence-electron chi connectivity index (χ3n) is 3.63. The molecule has 2 heterocycles. The zero-order valence-corrected chi connectivity index (χ0v) is 12.2. The van der Waals surface area contributed by atoms with E-state index in [0.717, 1.165) is 31.0 Å². The Labute approximate surface area is 114 Å². The summed E-state index contributed by atoms with van der Waals surface area (Å²) < 4.78 is 7.47. The Bertz CT molecular complexity index is 514. The number of hydrogen-bond acceptors (Lipinski definition) is 3. The fourth-order valence-corrected chi connectivity index (χ4v) is 2.49. The van der Waals surface area contributed by atoms with Crippen LogP contribution in [0.25, 0.3) is 0 Å². The summed E-state index contributed by atoms with van der Waals surface area (Å²) in [6.45, 7) is 10.3. The van der Waals surface area contributed by atoms with E-state index in [1.807, 2.05) is 12.1 Å². The fraction of sp³-hybridized carbons (Fsp3) is 0.533. The zero-order valence-electron chi connectivity index (χ0n) is 12.2. The molecule has 1 N–H and O–H groups in total. The highest BCUT2D eigenvalue weighted by Crippen LogP contribution is 2.14. The van der Waals surface area contributed by atoms with Gasteiger partial charge in [0.25, 0.3) is 0 Å². The minimum Gasteiger partial charge on any atom is -0.468 e. The molecule has 1 atom stereocenters. The van der Waals surface area contributed by atoms with Crippen LogP contribution in [0.15, 0.2) is 22.8 Å². The van der Waals surface area contributed by atoms with Crippen molar-refractivity contribution in [3.63, 3.8) is 0 Å². The lowest BCUT2D eigenvalue weighted by molar-refractivity contribution is 0.417. The van der Waals surface area contributed by atoms with Gasteiger partial charge >= 0.3 is 0 Å². The van der Waals surface area contributed by atoms with Crippen molar-refractivity contribution >= 4 is 0 Å². The van der Waals surface area contributed by atoms with Crippen LogP contribution in [0.3, 0.4) is 0 Å². The number of aromatic nitrogens is 2. The Morgan fingerprint density at radius 3 is 2.79 bits per heavy atom. The van der Waals surface area contributed by atoms with Crippen molar-refractivity contribution in [2.75, 3.05) is 6.54 Å². The highest BCUT2D eigenvalue weighted by atomic mass is 16.3. The molecule has 104 valence electrons. The normalized spacial score (nSPS) is 12.8. The van der Waals surface area contributed by atoms with E-state index in [-0.39, 0.29) is 6.04 Å². The van der Waals surface area contributed by atoms with Gasteiger partial charge in [-0.15, -0.1) is 0 Å². The standard InChI is InChI=1S/C15H23N3O/c1-5-14-11(2)17-18(13(14)4)9-8-16-12(3)15-7-6-10-19-15/h6-7,10,12,16H,5,8-9H2,1-4H3. The molecule has 2 aromatic heterocycles. The van der Waals surface area contributed by atoms with Crippen LogP contribution in [-0.2, 0) is 13.0 Å².